The van der Waals surface area contributed by atoms with Gasteiger partial charge in [0.05, 0.1) is 19.8 Å². The minimum absolute atomic E-state index is 0.0732. The van der Waals surface area contributed by atoms with Crippen molar-refractivity contribution in [2.24, 2.45) is 0 Å². The molecule has 7 nitrogen and oxygen atoms in total. The lowest BCUT2D eigenvalue weighted by molar-refractivity contribution is 0.0702. The number of benzene rings is 3. The lowest BCUT2D eigenvalue weighted by Gasteiger charge is -2.09. The normalized spacial score (nSPS) is 13.6. The maximum atomic E-state index is 12.9. The Bertz CT molecular complexity index is 1530. The molecule has 0 spiro atoms. The molecule has 0 N–H and O–H groups in total. The van der Waals surface area contributed by atoms with E-state index >= 15 is 0 Å². The lowest BCUT2D eigenvalue weighted by Crippen LogP contribution is -2.08. The number of halogens is 1. The van der Waals surface area contributed by atoms with Gasteiger partial charge in [0.1, 0.15) is 17.1 Å². The molecule has 0 radical (unpaired) electrons. The number of methoxy groups -OCH3 is 2. The zero-order valence-corrected chi connectivity index (χ0v) is 20.6. The van der Waals surface area contributed by atoms with E-state index in [0.717, 1.165) is 9.86 Å². The van der Waals surface area contributed by atoms with E-state index < -0.39 is 5.97 Å². The van der Waals surface area contributed by atoms with E-state index in [-0.39, 0.29) is 23.1 Å². The number of hydrogen-bond donors (Lipinski definition) is 0. The fourth-order valence-corrected chi connectivity index (χ4v) is 4.22. The number of furan rings is 1. The highest BCUT2D eigenvalue weighted by Crippen LogP contribution is 2.40. The van der Waals surface area contributed by atoms with Gasteiger partial charge in [0.15, 0.2) is 17.3 Å². The fourth-order valence-electron chi connectivity index (χ4n) is 3.84. The Kier molecular flexibility index (Phi) is 5.82. The molecule has 8 heteroatoms. The summed E-state index contributed by atoms with van der Waals surface area (Å²) in [7, 11) is 3.09. The van der Waals surface area contributed by atoms with Crippen molar-refractivity contribution < 1.29 is 33.0 Å². The van der Waals surface area contributed by atoms with Gasteiger partial charge < -0.3 is 23.4 Å². The number of ketones is 1. The highest BCUT2D eigenvalue weighted by molar-refractivity contribution is 9.10. The molecule has 4 aromatic rings. The van der Waals surface area contributed by atoms with Gasteiger partial charge in [-0.1, -0.05) is 22.0 Å². The molecule has 0 fully saturated rings. The van der Waals surface area contributed by atoms with Crippen molar-refractivity contribution in [3.63, 3.8) is 0 Å². The number of allylic oxidation sites excluding steroid dienone is 1. The molecule has 0 saturated carbocycles. The number of fused-ring (bicyclic) bond motifs is 2. The summed E-state index contributed by atoms with van der Waals surface area (Å²) in [5.74, 6) is 1.05. The Morgan fingerprint density at radius 1 is 0.943 bits per heavy atom. The van der Waals surface area contributed by atoms with E-state index in [1.807, 2.05) is 12.1 Å². The van der Waals surface area contributed by atoms with Gasteiger partial charge in [-0.3, -0.25) is 4.79 Å². The third-order valence-corrected chi connectivity index (χ3v) is 6.12. The molecule has 176 valence electrons. The molecule has 0 aliphatic carbocycles. The summed E-state index contributed by atoms with van der Waals surface area (Å²) in [4.78, 5) is 25.7. The average Bonchev–Trinajstić information content (AvgIpc) is 3.42. The predicted octanol–water partition coefficient (Wildman–Crippen LogP) is 6.36. The van der Waals surface area contributed by atoms with Gasteiger partial charge in [0, 0.05) is 15.4 Å². The van der Waals surface area contributed by atoms with Crippen molar-refractivity contribution >= 4 is 44.7 Å². The number of carbonyl (C=O) groups excluding carboxylic acids is 2. The van der Waals surface area contributed by atoms with Gasteiger partial charge in [0.25, 0.3) is 0 Å². The third kappa shape index (κ3) is 4.17. The van der Waals surface area contributed by atoms with E-state index in [9.17, 15) is 9.59 Å². The number of rotatable bonds is 5. The molecule has 2 heterocycles. The van der Waals surface area contributed by atoms with Crippen LogP contribution in [0.1, 0.15) is 32.0 Å². The predicted molar refractivity (Wildman–Crippen MR) is 133 cm³/mol. The molecule has 5 rings (SSSR count). The Balaban J connectivity index is 1.40. The van der Waals surface area contributed by atoms with Crippen LogP contribution in [0.4, 0.5) is 0 Å². The van der Waals surface area contributed by atoms with E-state index in [4.69, 9.17) is 23.4 Å². The van der Waals surface area contributed by atoms with E-state index in [2.05, 4.69) is 15.9 Å². The van der Waals surface area contributed by atoms with Gasteiger partial charge in [0.2, 0.25) is 11.5 Å². The van der Waals surface area contributed by atoms with Gasteiger partial charge in [-0.25, -0.2) is 4.79 Å². The highest BCUT2D eigenvalue weighted by Gasteiger charge is 2.31. The van der Waals surface area contributed by atoms with Crippen LogP contribution in [0.5, 0.6) is 23.0 Å². The molecule has 0 atom stereocenters. The largest absolute Gasteiger partial charge is 0.493 e. The third-order valence-electron chi connectivity index (χ3n) is 5.62. The van der Waals surface area contributed by atoms with Crippen molar-refractivity contribution in [1.82, 2.24) is 0 Å². The number of ether oxygens (including phenoxy) is 4. The van der Waals surface area contributed by atoms with Crippen molar-refractivity contribution in [2.75, 3.05) is 14.2 Å². The summed E-state index contributed by atoms with van der Waals surface area (Å²) in [6.07, 6.45) is 1.63. The van der Waals surface area contributed by atoms with Crippen LogP contribution in [0, 0.1) is 6.92 Å². The van der Waals surface area contributed by atoms with Gasteiger partial charge in [-0.15, -0.1) is 0 Å². The van der Waals surface area contributed by atoms with Crippen molar-refractivity contribution in [2.45, 2.75) is 6.92 Å². The Morgan fingerprint density at radius 3 is 2.49 bits per heavy atom. The first-order chi connectivity index (χ1) is 16.9. The minimum Gasteiger partial charge on any atom is -0.493 e. The molecule has 1 aliphatic rings. The Labute approximate surface area is 209 Å². The second kappa shape index (κ2) is 8.96. The molecule has 0 saturated heterocycles. The summed E-state index contributed by atoms with van der Waals surface area (Å²) in [6.45, 7) is 1.73. The van der Waals surface area contributed by atoms with Crippen LogP contribution in [0.25, 0.3) is 17.0 Å². The van der Waals surface area contributed by atoms with Gasteiger partial charge in [-0.2, -0.15) is 0 Å². The Hall–Kier alpha value is -4.04. The first-order valence-corrected chi connectivity index (χ1v) is 11.4. The van der Waals surface area contributed by atoms with Crippen LogP contribution in [0.3, 0.4) is 0 Å². The average molecular weight is 535 g/mol. The first kappa shape index (κ1) is 22.7. The van der Waals surface area contributed by atoms with E-state index in [1.54, 1.807) is 69.7 Å². The molecule has 0 unspecified atom stereocenters. The van der Waals surface area contributed by atoms with Crippen LogP contribution >= 0.6 is 15.9 Å². The summed E-state index contributed by atoms with van der Waals surface area (Å²) in [5, 5.41) is 0.774. The SMILES string of the molecule is COc1ccc(/C=C2\Oc3c(ccc(OC(=O)c4cc5cc(Br)ccc5o4)c3C)C2=O)cc1OC. The topological polar surface area (TPSA) is 84.2 Å². The number of Topliss-reactive ketones (excluding diaryl/α,β-unsaturated/α-hetero) is 1. The molecular formula is C27H19BrO7. The van der Waals surface area contributed by atoms with Gasteiger partial charge >= 0.3 is 5.97 Å². The van der Waals surface area contributed by atoms with Crippen LogP contribution in [-0.2, 0) is 0 Å². The van der Waals surface area contributed by atoms with Crippen LogP contribution in [0.15, 0.2) is 69.2 Å². The van der Waals surface area contributed by atoms with Crippen LogP contribution in [0.2, 0.25) is 0 Å². The molecule has 0 amide bonds. The molecular weight excluding hydrogens is 516 g/mol. The second-order valence-corrected chi connectivity index (χ2v) is 8.72. The first-order valence-electron chi connectivity index (χ1n) is 10.6. The van der Waals surface area contributed by atoms with Gasteiger partial charge in [-0.05, 0) is 67.1 Å². The molecule has 1 aromatic heterocycles. The number of esters is 1. The number of carbonyl (C=O) groups is 2. The summed E-state index contributed by atoms with van der Waals surface area (Å²) < 4.78 is 28.5. The van der Waals surface area contributed by atoms with Crippen LogP contribution < -0.4 is 18.9 Å². The zero-order chi connectivity index (χ0) is 24.7. The smallest absolute Gasteiger partial charge is 0.379 e. The maximum absolute atomic E-state index is 12.9. The van der Waals surface area contributed by atoms with Crippen molar-refractivity contribution in [3.8, 4) is 23.0 Å². The van der Waals surface area contributed by atoms with E-state index in [0.29, 0.717) is 39.5 Å². The Morgan fingerprint density at radius 2 is 1.71 bits per heavy atom. The standard InChI is InChI=1S/C27H19BrO7/c1-14-19(35-27(30)24-13-16-12-17(28)5-8-20(16)33-24)9-6-18-25(29)23(34-26(14)18)11-15-4-7-21(31-2)22(10-15)32-3/h4-13H,1-3H3/b23-11-. The molecule has 3 aromatic carbocycles. The zero-order valence-electron chi connectivity index (χ0n) is 19.0. The maximum Gasteiger partial charge on any atom is 0.379 e. The van der Waals surface area contributed by atoms with Crippen LogP contribution in [-0.4, -0.2) is 26.0 Å². The molecule has 0 bridgehead atoms. The quantitative estimate of drug-likeness (QED) is 0.167. The number of hydrogen-bond acceptors (Lipinski definition) is 7. The van der Waals surface area contributed by atoms with Crippen molar-refractivity contribution in [1.29, 1.82) is 0 Å². The lowest BCUT2D eigenvalue weighted by atomic mass is 10.1. The monoisotopic (exact) mass is 534 g/mol. The fraction of sp³-hybridized carbons (Fsp3) is 0.111. The minimum atomic E-state index is -0.647. The summed E-state index contributed by atoms with van der Waals surface area (Å²) >= 11 is 3.40. The summed E-state index contributed by atoms with van der Waals surface area (Å²) in [5.41, 5.74) is 2.20. The highest BCUT2D eigenvalue weighted by atomic mass is 79.9. The van der Waals surface area contributed by atoms with E-state index in [1.165, 1.54) is 0 Å². The molecule has 35 heavy (non-hydrogen) atoms. The van der Waals surface area contributed by atoms with Crippen molar-refractivity contribution in [3.05, 3.63) is 87.3 Å². The second-order valence-electron chi connectivity index (χ2n) is 7.80. The molecule has 1 aliphatic heterocycles. The summed E-state index contributed by atoms with van der Waals surface area (Å²) in [6, 6.07) is 15.5.